The number of carbonyl (C=O) groups is 1. The summed E-state index contributed by atoms with van der Waals surface area (Å²) in [5.41, 5.74) is 1.39. The number of hydrogen-bond donors (Lipinski definition) is 0. The first-order valence-electron chi connectivity index (χ1n) is 9.52. The van der Waals surface area contributed by atoms with Crippen LogP contribution in [0.25, 0.3) is 0 Å². The minimum atomic E-state index is -0.168. The Bertz CT molecular complexity index is 1040. The van der Waals surface area contributed by atoms with Crippen molar-refractivity contribution in [3.63, 3.8) is 0 Å². The molecule has 2 heterocycles. The van der Waals surface area contributed by atoms with Gasteiger partial charge in [-0.05, 0) is 48.9 Å². The molecule has 156 valence electrons. The van der Waals surface area contributed by atoms with Crippen molar-refractivity contribution < 1.29 is 28.2 Å². The van der Waals surface area contributed by atoms with E-state index in [0.717, 1.165) is 11.3 Å². The smallest absolute Gasteiger partial charge is 0.254 e. The second kappa shape index (κ2) is 8.41. The van der Waals surface area contributed by atoms with Crippen molar-refractivity contribution in [1.82, 2.24) is 4.90 Å². The maximum absolute atomic E-state index is 13.4. The van der Waals surface area contributed by atoms with Gasteiger partial charge in [0.05, 0.1) is 20.8 Å². The topological polar surface area (TPSA) is 70.4 Å². The third-order valence-corrected chi connectivity index (χ3v) is 4.84. The minimum absolute atomic E-state index is 0.168. The number of carbonyl (C=O) groups excluding carboxylic acids is 1. The molecule has 30 heavy (non-hydrogen) atoms. The van der Waals surface area contributed by atoms with Crippen LogP contribution in [0.3, 0.4) is 0 Å². The van der Waals surface area contributed by atoms with Gasteiger partial charge in [0.25, 0.3) is 5.91 Å². The predicted molar refractivity (Wildman–Crippen MR) is 109 cm³/mol. The average Bonchev–Trinajstić information content (AvgIpc) is 3.40. The molecule has 4 rings (SSSR count). The summed E-state index contributed by atoms with van der Waals surface area (Å²) in [5.74, 6) is 3.82. The van der Waals surface area contributed by atoms with Gasteiger partial charge in [-0.2, -0.15) is 0 Å². The molecule has 0 saturated heterocycles. The third-order valence-electron chi connectivity index (χ3n) is 4.84. The van der Waals surface area contributed by atoms with Crippen LogP contribution in [-0.4, -0.2) is 31.8 Å². The van der Waals surface area contributed by atoms with Crippen LogP contribution in [0.4, 0.5) is 0 Å². The van der Waals surface area contributed by atoms with Gasteiger partial charge in [0.2, 0.25) is 6.79 Å². The molecule has 1 aliphatic heterocycles. The largest absolute Gasteiger partial charge is 0.497 e. The lowest BCUT2D eigenvalue weighted by Gasteiger charge is -2.23. The van der Waals surface area contributed by atoms with Gasteiger partial charge in [0.1, 0.15) is 23.0 Å². The highest BCUT2D eigenvalue weighted by atomic mass is 16.7. The lowest BCUT2D eigenvalue weighted by atomic mass is 10.1. The molecule has 0 atom stereocenters. The zero-order valence-electron chi connectivity index (χ0n) is 17.1. The van der Waals surface area contributed by atoms with E-state index in [1.54, 1.807) is 37.3 Å². The Labute approximate surface area is 174 Å². The van der Waals surface area contributed by atoms with Crippen molar-refractivity contribution in [1.29, 1.82) is 0 Å². The number of fused-ring (bicyclic) bond motifs is 1. The highest BCUT2D eigenvalue weighted by Gasteiger charge is 2.21. The van der Waals surface area contributed by atoms with E-state index in [0.29, 0.717) is 47.4 Å². The number of hydrogen-bond acceptors (Lipinski definition) is 6. The van der Waals surface area contributed by atoms with Crippen LogP contribution in [0.5, 0.6) is 23.0 Å². The number of furan rings is 1. The van der Waals surface area contributed by atoms with Gasteiger partial charge in [-0.25, -0.2) is 0 Å². The van der Waals surface area contributed by atoms with Crippen LogP contribution >= 0.6 is 0 Å². The van der Waals surface area contributed by atoms with Crippen molar-refractivity contribution in [3.05, 3.63) is 71.2 Å². The molecule has 1 aromatic heterocycles. The number of nitrogens with zero attached hydrogens (tertiary/aromatic N) is 1. The zero-order valence-corrected chi connectivity index (χ0v) is 17.1. The lowest BCUT2D eigenvalue weighted by molar-refractivity contribution is 0.0716. The molecule has 0 N–H and O–H groups in total. The van der Waals surface area contributed by atoms with Gasteiger partial charge in [-0.1, -0.05) is 6.07 Å². The number of rotatable bonds is 7. The Kier molecular flexibility index (Phi) is 5.52. The van der Waals surface area contributed by atoms with E-state index < -0.39 is 0 Å². The van der Waals surface area contributed by atoms with E-state index >= 15 is 0 Å². The van der Waals surface area contributed by atoms with Crippen molar-refractivity contribution >= 4 is 5.91 Å². The van der Waals surface area contributed by atoms with E-state index in [1.165, 1.54) is 0 Å². The number of aryl methyl sites for hydroxylation is 1. The first-order chi connectivity index (χ1) is 14.6. The Morgan fingerprint density at radius 2 is 1.67 bits per heavy atom. The number of benzene rings is 2. The second-order valence-corrected chi connectivity index (χ2v) is 6.96. The van der Waals surface area contributed by atoms with Gasteiger partial charge in [0.15, 0.2) is 11.5 Å². The van der Waals surface area contributed by atoms with Gasteiger partial charge in [-0.15, -0.1) is 0 Å². The maximum atomic E-state index is 13.4. The third kappa shape index (κ3) is 4.20. The Morgan fingerprint density at radius 3 is 2.33 bits per heavy atom. The van der Waals surface area contributed by atoms with E-state index in [1.807, 2.05) is 37.3 Å². The number of amides is 1. The second-order valence-electron chi connectivity index (χ2n) is 6.96. The molecule has 7 nitrogen and oxygen atoms in total. The molecule has 0 radical (unpaired) electrons. The average molecular weight is 409 g/mol. The fourth-order valence-corrected chi connectivity index (χ4v) is 3.33. The van der Waals surface area contributed by atoms with E-state index in [2.05, 4.69) is 0 Å². The first kappa shape index (κ1) is 19.7. The van der Waals surface area contributed by atoms with Crippen LogP contribution in [0.2, 0.25) is 0 Å². The molecule has 1 aliphatic rings. The number of methoxy groups -OCH3 is 2. The van der Waals surface area contributed by atoms with Crippen LogP contribution in [0, 0.1) is 6.92 Å². The zero-order chi connectivity index (χ0) is 21.1. The quantitative estimate of drug-likeness (QED) is 0.583. The summed E-state index contributed by atoms with van der Waals surface area (Å²) in [4.78, 5) is 15.2. The van der Waals surface area contributed by atoms with Crippen molar-refractivity contribution in [2.24, 2.45) is 0 Å². The Balaban J connectivity index is 1.65. The Hall–Kier alpha value is -3.61. The van der Waals surface area contributed by atoms with Gasteiger partial charge in [0, 0.05) is 18.2 Å². The monoisotopic (exact) mass is 409 g/mol. The lowest BCUT2D eigenvalue weighted by Crippen LogP contribution is -2.30. The summed E-state index contributed by atoms with van der Waals surface area (Å²) in [6, 6.07) is 14.6. The summed E-state index contributed by atoms with van der Waals surface area (Å²) in [6.45, 7) is 2.77. The molecule has 0 fully saturated rings. The molecule has 2 aromatic carbocycles. The highest BCUT2D eigenvalue weighted by Crippen LogP contribution is 2.33. The first-order valence-corrected chi connectivity index (χ1v) is 9.52. The van der Waals surface area contributed by atoms with E-state index in [9.17, 15) is 4.79 Å². The number of ether oxygens (including phenoxy) is 4. The standard InChI is InChI=1S/C23H23NO6/c1-15-4-6-18(30-15)13-24(12-16-5-7-21-22(8-16)29-14-28-21)23(25)17-9-19(26-2)11-20(10-17)27-3/h4-11H,12-14H2,1-3H3. The Morgan fingerprint density at radius 1 is 0.933 bits per heavy atom. The van der Waals surface area contributed by atoms with Crippen LogP contribution in [0.1, 0.15) is 27.4 Å². The molecule has 0 aliphatic carbocycles. The molecule has 0 saturated carbocycles. The predicted octanol–water partition coefficient (Wildman–Crippen LogP) is 4.18. The van der Waals surface area contributed by atoms with E-state index in [-0.39, 0.29) is 12.7 Å². The summed E-state index contributed by atoms with van der Waals surface area (Å²) in [7, 11) is 3.11. The molecular weight excluding hydrogens is 386 g/mol. The van der Waals surface area contributed by atoms with Crippen molar-refractivity contribution in [2.75, 3.05) is 21.0 Å². The minimum Gasteiger partial charge on any atom is -0.497 e. The van der Waals surface area contributed by atoms with Gasteiger partial charge < -0.3 is 28.3 Å². The van der Waals surface area contributed by atoms with E-state index in [4.69, 9.17) is 23.4 Å². The molecular formula is C23H23NO6. The normalized spacial score (nSPS) is 12.0. The maximum Gasteiger partial charge on any atom is 0.254 e. The molecule has 0 bridgehead atoms. The van der Waals surface area contributed by atoms with Crippen LogP contribution in [-0.2, 0) is 13.1 Å². The summed E-state index contributed by atoms with van der Waals surface area (Å²) >= 11 is 0. The van der Waals surface area contributed by atoms with Crippen molar-refractivity contribution in [2.45, 2.75) is 20.0 Å². The summed E-state index contributed by atoms with van der Waals surface area (Å²) < 4.78 is 27.2. The fourth-order valence-electron chi connectivity index (χ4n) is 3.33. The fraction of sp³-hybridized carbons (Fsp3) is 0.261. The van der Waals surface area contributed by atoms with Gasteiger partial charge in [-0.3, -0.25) is 4.79 Å². The molecule has 7 heteroatoms. The SMILES string of the molecule is COc1cc(OC)cc(C(=O)N(Cc2ccc3c(c2)OCO3)Cc2ccc(C)o2)c1. The summed E-state index contributed by atoms with van der Waals surface area (Å²) in [6.07, 6.45) is 0. The molecule has 0 unspecified atom stereocenters. The summed E-state index contributed by atoms with van der Waals surface area (Å²) in [5, 5.41) is 0. The van der Waals surface area contributed by atoms with Crippen LogP contribution in [0.15, 0.2) is 52.9 Å². The van der Waals surface area contributed by atoms with Gasteiger partial charge >= 0.3 is 0 Å². The van der Waals surface area contributed by atoms with Crippen LogP contribution < -0.4 is 18.9 Å². The molecule has 0 spiro atoms. The molecule has 1 amide bonds. The highest BCUT2D eigenvalue weighted by molar-refractivity contribution is 5.95. The van der Waals surface area contributed by atoms with Crippen molar-refractivity contribution in [3.8, 4) is 23.0 Å². The molecule has 3 aromatic rings.